The van der Waals surface area contributed by atoms with Gasteiger partial charge in [-0.25, -0.2) is 4.79 Å². The molecule has 0 bridgehead atoms. The number of aliphatic hydroxyl groups excluding tert-OH is 3. The first kappa shape index (κ1) is 49.3. The predicted octanol–water partition coefficient (Wildman–Crippen LogP) is -3.00. The van der Waals surface area contributed by atoms with Crippen molar-refractivity contribution in [3.63, 3.8) is 0 Å². The van der Waals surface area contributed by atoms with Gasteiger partial charge in [0.15, 0.2) is 6.10 Å². The SMILES string of the molecule is CC(=O)OCc1ccc(NC(=O)[C@H](C)NC(=O)[C@@H](NC(=O)CN2C(=O)[C@@H](N3C(=O)C=CC3=O)C[C@H]2COCCS(=O)(=O)O)C(C)C)cc1CC[C@@H]1O[C@H](C(=O)O)[C@@H](O)[C@H](O)[C@H]1O. The van der Waals surface area contributed by atoms with Gasteiger partial charge in [-0.2, -0.15) is 8.42 Å². The first-order chi connectivity index (χ1) is 29.0. The highest BCUT2D eigenvalue weighted by atomic mass is 32.2. The van der Waals surface area contributed by atoms with Crippen LogP contribution >= 0.6 is 0 Å². The molecular weight excluding hydrogens is 847 g/mol. The van der Waals surface area contributed by atoms with Crippen molar-refractivity contribution in [1.82, 2.24) is 20.4 Å². The molecule has 1 aromatic carbocycles. The van der Waals surface area contributed by atoms with Crippen LogP contribution in [-0.4, -0.2) is 171 Å². The van der Waals surface area contributed by atoms with Crippen molar-refractivity contribution in [3.8, 4) is 0 Å². The summed E-state index contributed by atoms with van der Waals surface area (Å²) in [7, 11) is -4.37. The number of esters is 1. The monoisotopic (exact) mass is 897 g/mol. The molecule has 342 valence electrons. The van der Waals surface area contributed by atoms with Crippen molar-refractivity contribution in [3.05, 3.63) is 41.5 Å². The Labute approximate surface area is 355 Å². The van der Waals surface area contributed by atoms with Gasteiger partial charge in [-0.05, 0) is 48.9 Å². The fourth-order valence-electron chi connectivity index (χ4n) is 7.02. The van der Waals surface area contributed by atoms with Gasteiger partial charge in [0, 0.05) is 31.2 Å². The van der Waals surface area contributed by atoms with Crippen molar-refractivity contribution in [2.45, 2.75) is 108 Å². The highest BCUT2D eigenvalue weighted by Gasteiger charge is 2.48. The van der Waals surface area contributed by atoms with E-state index in [0.717, 1.165) is 22.0 Å². The van der Waals surface area contributed by atoms with E-state index in [4.69, 9.17) is 18.8 Å². The minimum Gasteiger partial charge on any atom is -0.479 e. The smallest absolute Gasteiger partial charge is 0.335 e. The number of aryl methyl sites for hydroxylation is 1. The molecule has 62 heavy (non-hydrogen) atoms. The second kappa shape index (κ2) is 21.1. The van der Waals surface area contributed by atoms with Crippen molar-refractivity contribution >= 4 is 63.2 Å². The van der Waals surface area contributed by atoms with Gasteiger partial charge >= 0.3 is 11.9 Å². The Morgan fingerprint density at radius 1 is 0.935 bits per heavy atom. The number of carbonyl (C=O) groups is 8. The summed E-state index contributed by atoms with van der Waals surface area (Å²) in [5.74, 6) is -8.03. The van der Waals surface area contributed by atoms with E-state index in [1.165, 1.54) is 26.0 Å². The van der Waals surface area contributed by atoms with E-state index in [9.17, 15) is 67.2 Å². The van der Waals surface area contributed by atoms with Gasteiger partial charge in [-0.15, -0.1) is 0 Å². The standard InChI is InChI=1S/C38H51N5O18S/c1-18(2)30(41-27(45)15-42-24(17-59-11-12-62(56,57)58)14-25(37(42)53)43-28(46)9-10-29(43)47)36(52)39-19(3)35(51)40-23-7-5-22(16-60-20(4)44)21(13-23)6-8-26-31(48)32(49)33(50)34(61-26)38(54)55/h5,7,9-10,13,18-19,24-26,30-34,48-50H,6,8,11-12,14-17H2,1-4H3,(H,39,52)(H,40,51)(H,41,45)(H,54,55)(H,56,57,58)/t19-,24-,25-,26-,30-,31-,32+,33-,34-/m0/s1. The average Bonchev–Trinajstić information content (AvgIpc) is 3.67. The molecule has 4 rings (SSSR count). The zero-order chi connectivity index (χ0) is 46.2. The Hall–Kier alpha value is -5.37. The molecule has 1 aromatic rings. The molecule has 0 radical (unpaired) electrons. The van der Waals surface area contributed by atoms with Gasteiger partial charge < -0.3 is 55.5 Å². The van der Waals surface area contributed by atoms with Crippen molar-refractivity contribution < 1.29 is 86.0 Å². The minimum absolute atomic E-state index is 0.0520. The number of aliphatic hydroxyl groups is 3. The molecular formula is C38H51N5O18S. The van der Waals surface area contributed by atoms with E-state index in [0.29, 0.717) is 11.1 Å². The number of ether oxygens (including phenoxy) is 3. The number of carbonyl (C=O) groups excluding carboxylic acids is 7. The van der Waals surface area contributed by atoms with Crippen LogP contribution in [0.1, 0.15) is 51.7 Å². The summed E-state index contributed by atoms with van der Waals surface area (Å²) in [4.78, 5) is 103. The Bertz CT molecular complexity index is 2030. The number of anilines is 1. The van der Waals surface area contributed by atoms with Crippen LogP contribution in [0, 0.1) is 5.92 Å². The molecule has 0 saturated carbocycles. The quantitative estimate of drug-likeness (QED) is 0.0280. The second-order valence-electron chi connectivity index (χ2n) is 15.3. The van der Waals surface area contributed by atoms with Crippen LogP contribution in [-0.2, 0) is 75.7 Å². The normalized spacial score (nSPS) is 24.9. The third-order valence-electron chi connectivity index (χ3n) is 10.3. The summed E-state index contributed by atoms with van der Waals surface area (Å²) >= 11 is 0. The number of carboxylic acids is 1. The minimum atomic E-state index is -4.37. The molecule has 3 aliphatic rings. The van der Waals surface area contributed by atoms with Crippen molar-refractivity contribution in [2.75, 3.05) is 30.8 Å². The van der Waals surface area contributed by atoms with E-state index >= 15 is 0 Å². The molecule has 8 N–H and O–H groups in total. The summed E-state index contributed by atoms with van der Waals surface area (Å²) < 4.78 is 47.1. The topological polar surface area (TPSA) is 342 Å². The van der Waals surface area contributed by atoms with Gasteiger partial charge in [0.1, 0.15) is 43.0 Å². The van der Waals surface area contributed by atoms with E-state index < -0.39 is 137 Å². The molecule has 0 aliphatic carbocycles. The number of aliphatic carboxylic acids is 1. The molecule has 23 nitrogen and oxygen atoms in total. The van der Waals surface area contributed by atoms with Crippen molar-refractivity contribution in [2.24, 2.45) is 5.92 Å². The fraction of sp³-hybridized carbons (Fsp3) is 0.579. The highest BCUT2D eigenvalue weighted by Crippen LogP contribution is 2.28. The number of nitrogens with one attached hydrogen (secondary N) is 3. The number of hydrogen-bond acceptors (Lipinski definition) is 16. The second-order valence-corrected chi connectivity index (χ2v) is 16.9. The predicted molar refractivity (Wildman–Crippen MR) is 210 cm³/mol. The summed E-state index contributed by atoms with van der Waals surface area (Å²) in [6, 6.07) is -0.128. The van der Waals surface area contributed by atoms with Crippen LogP contribution in [0.3, 0.4) is 0 Å². The molecule has 0 unspecified atom stereocenters. The van der Waals surface area contributed by atoms with Crippen LogP contribution in [0.4, 0.5) is 5.69 Å². The van der Waals surface area contributed by atoms with Gasteiger partial charge in [0.25, 0.3) is 21.9 Å². The van der Waals surface area contributed by atoms with Gasteiger partial charge in [0.05, 0.1) is 37.7 Å². The van der Waals surface area contributed by atoms with Gasteiger partial charge in [0.2, 0.25) is 23.6 Å². The van der Waals surface area contributed by atoms with Crippen LogP contribution in [0.25, 0.3) is 0 Å². The Balaban J connectivity index is 1.41. The first-order valence-corrected chi connectivity index (χ1v) is 21.1. The number of imide groups is 1. The molecule has 2 fully saturated rings. The number of rotatable bonds is 20. The lowest BCUT2D eigenvalue weighted by molar-refractivity contribution is -0.228. The van der Waals surface area contributed by atoms with E-state index in [-0.39, 0.29) is 38.2 Å². The zero-order valence-corrected chi connectivity index (χ0v) is 35.0. The maximum Gasteiger partial charge on any atom is 0.335 e. The maximum atomic E-state index is 13.5. The number of hydrogen-bond donors (Lipinski definition) is 8. The van der Waals surface area contributed by atoms with Crippen LogP contribution in [0.15, 0.2) is 30.4 Å². The summed E-state index contributed by atoms with van der Waals surface area (Å²) in [6.07, 6.45) is -6.56. The summed E-state index contributed by atoms with van der Waals surface area (Å²) in [6.45, 7) is 4.14. The summed E-state index contributed by atoms with van der Waals surface area (Å²) in [5.41, 5.74) is 1.16. The average molecular weight is 898 g/mol. The Kier molecular flexibility index (Phi) is 16.8. The Morgan fingerprint density at radius 2 is 1.60 bits per heavy atom. The van der Waals surface area contributed by atoms with E-state index in [1.54, 1.807) is 19.9 Å². The van der Waals surface area contributed by atoms with Crippen LogP contribution < -0.4 is 16.0 Å². The third kappa shape index (κ3) is 12.8. The maximum absolute atomic E-state index is 13.5. The lowest BCUT2D eigenvalue weighted by Crippen LogP contribution is -2.59. The number of likely N-dealkylation sites (tertiary alicyclic amines) is 1. The van der Waals surface area contributed by atoms with Gasteiger partial charge in [-0.3, -0.25) is 43.0 Å². The lowest BCUT2D eigenvalue weighted by Gasteiger charge is -2.39. The molecule has 2 saturated heterocycles. The van der Waals surface area contributed by atoms with Gasteiger partial charge in [-0.1, -0.05) is 19.9 Å². The molecule has 24 heteroatoms. The fourth-order valence-corrected chi connectivity index (χ4v) is 7.34. The number of amides is 6. The highest BCUT2D eigenvalue weighted by molar-refractivity contribution is 7.85. The molecule has 3 aliphatic heterocycles. The largest absolute Gasteiger partial charge is 0.479 e. The van der Waals surface area contributed by atoms with Crippen molar-refractivity contribution in [1.29, 1.82) is 0 Å². The van der Waals surface area contributed by atoms with Crippen LogP contribution in [0.2, 0.25) is 0 Å². The summed E-state index contributed by atoms with van der Waals surface area (Å²) in [5, 5.41) is 47.9. The Morgan fingerprint density at radius 3 is 2.19 bits per heavy atom. The lowest BCUT2D eigenvalue weighted by atomic mass is 9.91. The molecule has 9 atom stereocenters. The first-order valence-electron chi connectivity index (χ1n) is 19.5. The number of nitrogens with zero attached hydrogens (tertiary/aromatic N) is 2. The molecule has 3 heterocycles. The molecule has 0 aromatic heterocycles. The van der Waals surface area contributed by atoms with E-state index in [1.807, 2.05) is 0 Å². The zero-order valence-electron chi connectivity index (χ0n) is 34.2. The molecule has 6 amide bonds. The third-order valence-corrected chi connectivity index (χ3v) is 11.0. The number of carboxylic acid groups (broad SMARTS) is 1. The van der Waals surface area contributed by atoms with Crippen LogP contribution in [0.5, 0.6) is 0 Å². The number of benzene rings is 1. The van der Waals surface area contributed by atoms with E-state index in [2.05, 4.69) is 16.0 Å². The molecule has 0 spiro atoms.